The summed E-state index contributed by atoms with van der Waals surface area (Å²) in [6.45, 7) is 2.58. The molecule has 28 heavy (non-hydrogen) atoms. The first-order valence-corrected chi connectivity index (χ1v) is 9.92. The Morgan fingerprint density at radius 2 is 1.96 bits per heavy atom. The van der Waals surface area contributed by atoms with Gasteiger partial charge in [0.15, 0.2) is 11.0 Å². The molecule has 0 spiro atoms. The number of methoxy groups -OCH3 is 1. The van der Waals surface area contributed by atoms with Crippen LogP contribution in [0.2, 0.25) is 0 Å². The molecule has 0 saturated carbocycles. The normalized spacial score (nSPS) is 10.7. The van der Waals surface area contributed by atoms with E-state index in [1.165, 1.54) is 17.3 Å². The summed E-state index contributed by atoms with van der Waals surface area (Å²) in [5.74, 6) is 1.92. The Morgan fingerprint density at radius 1 is 1.18 bits per heavy atom. The number of ether oxygens (including phenoxy) is 1. The van der Waals surface area contributed by atoms with Crippen LogP contribution < -0.4 is 4.74 Å². The van der Waals surface area contributed by atoms with E-state index in [-0.39, 0.29) is 5.91 Å². The molecule has 0 radical (unpaired) electrons. The maximum atomic E-state index is 12.5. The molecule has 0 aliphatic heterocycles. The summed E-state index contributed by atoms with van der Waals surface area (Å²) >= 11 is 1.39. The third-order valence-corrected chi connectivity index (χ3v) is 5.42. The molecule has 0 saturated heterocycles. The number of thioether (sulfide) groups is 1. The summed E-state index contributed by atoms with van der Waals surface area (Å²) in [6.07, 6.45) is 0. The molecule has 3 aromatic rings. The molecular formula is C21H24N4O2S. The predicted octanol–water partition coefficient (Wildman–Crippen LogP) is 3.55. The maximum Gasteiger partial charge on any atom is 0.233 e. The Balaban J connectivity index is 1.61. The number of aromatic nitrogens is 3. The quantitative estimate of drug-likeness (QED) is 0.572. The van der Waals surface area contributed by atoms with Gasteiger partial charge in [-0.3, -0.25) is 4.79 Å². The van der Waals surface area contributed by atoms with Crippen LogP contribution in [0.5, 0.6) is 5.75 Å². The van der Waals surface area contributed by atoms with E-state index < -0.39 is 0 Å². The van der Waals surface area contributed by atoms with Crippen molar-refractivity contribution in [3.8, 4) is 17.1 Å². The number of aryl methyl sites for hydroxylation is 1. The van der Waals surface area contributed by atoms with E-state index in [1.807, 2.05) is 61.0 Å². The number of amides is 1. The first-order valence-electron chi connectivity index (χ1n) is 8.94. The van der Waals surface area contributed by atoms with E-state index in [0.717, 1.165) is 27.9 Å². The van der Waals surface area contributed by atoms with Crippen LogP contribution >= 0.6 is 11.8 Å². The highest BCUT2D eigenvalue weighted by Crippen LogP contribution is 2.23. The van der Waals surface area contributed by atoms with Crippen LogP contribution in [0.3, 0.4) is 0 Å². The second-order valence-electron chi connectivity index (χ2n) is 6.62. The molecule has 0 bridgehead atoms. The van der Waals surface area contributed by atoms with Gasteiger partial charge in [0.05, 0.1) is 12.9 Å². The highest BCUT2D eigenvalue weighted by atomic mass is 32.2. The Hall–Kier alpha value is -2.80. The van der Waals surface area contributed by atoms with Gasteiger partial charge < -0.3 is 14.2 Å². The molecule has 0 N–H and O–H groups in total. The molecule has 1 heterocycles. The zero-order valence-electron chi connectivity index (χ0n) is 16.5. The lowest BCUT2D eigenvalue weighted by Crippen LogP contribution is -2.27. The van der Waals surface area contributed by atoms with Crippen molar-refractivity contribution < 1.29 is 9.53 Å². The van der Waals surface area contributed by atoms with Crippen molar-refractivity contribution in [2.24, 2.45) is 7.05 Å². The van der Waals surface area contributed by atoms with E-state index >= 15 is 0 Å². The molecule has 7 heteroatoms. The van der Waals surface area contributed by atoms with Gasteiger partial charge in [-0.1, -0.05) is 47.7 Å². The van der Waals surface area contributed by atoms with Gasteiger partial charge in [0, 0.05) is 26.2 Å². The van der Waals surface area contributed by atoms with Crippen molar-refractivity contribution in [1.29, 1.82) is 0 Å². The minimum atomic E-state index is 0.0351. The van der Waals surface area contributed by atoms with Crippen molar-refractivity contribution in [3.05, 3.63) is 59.7 Å². The highest BCUT2D eigenvalue weighted by Gasteiger charge is 2.15. The van der Waals surface area contributed by atoms with E-state index in [0.29, 0.717) is 12.3 Å². The lowest BCUT2D eigenvalue weighted by atomic mass is 10.1. The van der Waals surface area contributed by atoms with Crippen LogP contribution in [-0.4, -0.2) is 45.5 Å². The molecule has 0 aliphatic rings. The van der Waals surface area contributed by atoms with Crippen molar-refractivity contribution >= 4 is 17.7 Å². The SMILES string of the molecule is COc1cccc(CN(C)C(=O)CSc2nnc(-c3cccc(C)c3)n2C)c1. The van der Waals surface area contributed by atoms with Crippen LogP contribution in [0.25, 0.3) is 11.4 Å². The number of hydrogen-bond donors (Lipinski definition) is 0. The number of hydrogen-bond acceptors (Lipinski definition) is 5. The van der Waals surface area contributed by atoms with E-state index in [2.05, 4.69) is 16.3 Å². The first-order chi connectivity index (χ1) is 13.5. The largest absolute Gasteiger partial charge is 0.497 e. The molecule has 6 nitrogen and oxygen atoms in total. The number of rotatable bonds is 7. The van der Waals surface area contributed by atoms with Crippen molar-refractivity contribution in [1.82, 2.24) is 19.7 Å². The number of benzene rings is 2. The van der Waals surface area contributed by atoms with Gasteiger partial charge >= 0.3 is 0 Å². The van der Waals surface area contributed by atoms with Gasteiger partial charge in [0.1, 0.15) is 5.75 Å². The summed E-state index contributed by atoms with van der Waals surface area (Å²) in [7, 11) is 5.36. The third-order valence-electron chi connectivity index (χ3n) is 4.42. The fourth-order valence-corrected chi connectivity index (χ4v) is 3.70. The minimum absolute atomic E-state index is 0.0351. The molecular weight excluding hydrogens is 372 g/mol. The minimum Gasteiger partial charge on any atom is -0.497 e. The summed E-state index contributed by atoms with van der Waals surface area (Å²) in [5.41, 5.74) is 3.22. The Morgan fingerprint density at radius 3 is 2.71 bits per heavy atom. The van der Waals surface area contributed by atoms with Crippen molar-refractivity contribution in [3.63, 3.8) is 0 Å². The standard InChI is InChI=1S/C21H24N4O2S/c1-15-7-5-9-17(11-15)20-22-23-21(25(20)3)28-14-19(26)24(2)13-16-8-6-10-18(12-16)27-4/h5-12H,13-14H2,1-4H3. The fourth-order valence-electron chi connectivity index (χ4n) is 2.85. The van der Waals surface area contributed by atoms with Crippen LogP contribution in [0.4, 0.5) is 0 Å². The van der Waals surface area contributed by atoms with E-state index in [9.17, 15) is 4.79 Å². The zero-order chi connectivity index (χ0) is 20.1. The van der Waals surface area contributed by atoms with Gasteiger partial charge in [-0.25, -0.2) is 0 Å². The molecule has 0 fully saturated rings. The van der Waals surface area contributed by atoms with Gasteiger partial charge in [-0.15, -0.1) is 10.2 Å². The number of carbonyl (C=O) groups is 1. The second kappa shape index (κ2) is 8.93. The summed E-state index contributed by atoms with van der Waals surface area (Å²) in [5, 5.41) is 9.26. The average Bonchev–Trinajstić information content (AvgIpc) is 3.06. The Labute approximate surface area is 169 Å². The lowest BCUT2D eigenvalue weighted by molar-refractivity contribution is -0.127. The van der Waals surface area contributed by atoms with Crippen LogP contribution in [0.1, 0.15) is 11.1 Å². The summed E-state index contributed by atoms with van der Waals surface area (Å²) < 4.78 is 7.16. The van der Waals surface area contributed by atoms with Crippen LogP contribution in [0.15, 0.2) is 53.7 Å². The zero-order valence-corrected chi connectivity index (χ0v) is 17.4. The molecule has 0 atom stereocenters. The molecule has 1 amide bonds. The van der Waals surface area contributed by atoms with Gasteiger partial charge in [0.2, 0.25) is 5.91 Å². The van der Waals surface area contributed by atoms with Gasteiger partial charge in [-0.05, 0) is 30.7 Å². The molecule has 0 aliphatic carbocycles. The number of nitrogens with zero attached hydrogens (tertiary/aromatic N) is 4. The molecule has 0 unspecified atom stereocenters. The smallest absolute Gasteiger partial charge is 0.233 e. The van der Waals surface area contributed by atoms with E-state index in [4.69, 9.17) is 4.74 Å². The number of carbonyl (C=O) groups excluding carboxylic acids is 1. The third kappa shape index (κ3) is 4.72. The van der Waals surface area contributed by atoms with Gasteiger partial charge in [0.25, 0.3) is 0 Å². The Bertz CT molecular complexity index is 971. The topological polar surface area (TPSA) is 60.2 Å². The van der Waals surface area contributed by atoms with Crippen molar-refractivity contribution in [2.75, 3.05) is 19.9 Å². The monoisotopic (exact) mass is 396 g/mol. The summed E-state index contributed by atoms with van der Waals surface area (Å²) in [4.78, 5) is 14.2. The Kier molecular flexibility index (Phi) is 6.36. The van der Waals surface area contributed by atoms with Crippen LogP contribution in [-0.2, 0) is 18.4 Å². The van der Waals surface area contributed by atoms with E-state index in [1.54, 1.807) is 19.1 Å². The molecule has 3 rings (SSSR count). The fraction of sp³-hybridized carbons (Fsp3) is 0.286. The lowest BCUT2D eigenvalue weighted by Gasteiger charge is -2.17. The first kappa shape index (κ1) is 19.9. The second-order valence-corrected chi connectivity index (χ2v) is 7.57. The van der Waals surface area contributed by atoms with Crippen molar-refractivity contribution in [2.45, 2.75) is 18.6 Å². The molecule has 1 aromatic heterocycles. The summed E-state index contributed by atoms with van der Waals surface area (Å²) in [6, 6.07) is 15.9. The average molecular weight is 397 g/mol. The van der Waals surface area contributed by atoms with Gasteiger partial charge in [-0.2, -0.15) is 0 Å². The highest BCUT2D eigenvalue weighted by molar-refractivity contribution is 7.99. The van der Waals surface area contributed by atoms with Crippen LogP contribution in [0, 0.1) is 6.92 Å². The molecule has 146 valence electrons. The maximum absolute atomic E-state index is 12.5. The predicted molar refractivity (Wildman–Crippen MR) is 111 cm³/mol. The molecule has 2 aromatic carbocycles.